The third kappa shape index (κ3) is 2.40. The van der Waals surface area contributed by atoms with Gasteiger partial charge in [0.2, 0.25) is 0 Å². The Bertz CT molecular complexity index is 520. The minimum absolute atomic E-state index is 0.103. The largest absolute Gasteiger partial charge is 0.318 e. The average molecular weight is 246 g/mol. The number of nitrogens with zero attached hydrogens (tertiary/aromatic N) is 1. The quantitative estimate of drug-likeness (QED) is 0.881. The number of rotatable bonds is 2. The van der Waals surface area contributed by atoms with Gasteiger partial charge in [-0.15, -0.1) is 11.3 Å². The van der Waals surface area contributed by atoms with Crippen molar-refractivity contribution < 1.29 is 0 Å². The van der Waals surface area contributed by atoms with Gasteiger partial charge in [-0.1, -0.05) is 17.7 Å². The minimum Gasteiger partial charge on any atom is -0.318 e. The molecule has 0 aliphatic carbocycles. The van der Waals surface area contributed by atoms with E-state index in [0.29, 0.717) is 0 Å². The van der Waals surface area contributed by atoms with Gasteiger partial charge in [-0.05, 0) is 44.4 Å². The van der Waals surface area contributed by atoms with Gasteiger partial charge in [0.25, 0.3) is 0 Å². The summed E-state index contributed by atoms with van der Waals surface area (Å²) in [5, 5.41) is 3.05. The van der Waals surface area contributed by atoms with Crippen molar-refractivity contribution in [3.63, 3.8) is 0 Å². The maximum Gasteiger partial charge on any atom is 0.114 e. The van der Waals surface area contributed by atoms with Crippen molar-refractivity contribution in [2.75, 3.05) is 0 Å². The predicted molar refractivity (Wildman–Crippen MR) is 73.5 cm³/mol. The minimum atomic E-state index is -0.103. The van der Waals surface area contributed by atoms with E-state index in [0.717, 1.165) is 10.7 Å². The fourth-order valence-electron chi connectivity index (χ4n) is 2.32. The maximum absolute atomic E-state index is 6.33. The van der Waals surface area contributed by atoms with E-state index in [-0.39, 0.29) is 6.04 Å². The molecule has 2 N–H and O–H groups in total. The van der Waals surface area contributed by atoms with Crippen molar-refractivity contribution in [2.24, 2.45) is 5.73 Å². The van der Waals surface area contributed by atoms with E-state index in [1.807, 2.05) is 12.3 Å². The van der Waals surface area contributed by atoms with Crippen LogP contribution in [0, 0.1) is 27.7 Å². The molecular weight excluding hydrogens is 228 g/mol. The van der Waals surface area contributed by atoms with Crippen molar-refractivity contribution in [1.82, 2.24) is 4.98 Å². The molecule has 1 unspecified atom stereocenters. The second-order valence-corrected chi connectivity index (χ2v) is 5.51. The van der Waals surface area contributed by atoms with Gasteiger partial charge in [0.15, 0.2) is 0 Å². The van der Waals surface area contributed by atoms with E-state index in [1.54, 1.807) is 11.3 Å². The zero-order valence-electron chi connectivity index (χ0n) is 10.7. The molecule has 2 rings (SSSR count). The van der Waals surface area contributed by atoms with Crippen LogP contribution in [0.3, 0.4) is 0 Å². The zero-order valence-corrected chi connectivity index (χ0v) is 11.6. The highest BCUT2D eigenvalue weighted by Crippen LogP contribution is 2.28. The lowest BCUT2D eigenvalue weighted by atomic mass is 9.95. The van der Waals surface area contributed by atoms with Crippen LogP contribution in [0.15, 0.2) is 17.5 Å². The summed E-state index contributed by atoms with van der Waals surface area (Å²) in [6, 6.07) is 4.26. The molecule has 1 aromatic heterocycles. The summed E-state index contributed by atoms with van der Waals surface area (Å²) in [6.07, 6.45) is 0. The Morgan fingerprint density at radius 1 is 1.12 bits per heavy atom. The maximum atomic E-state index is 6.33. The molecule has 0 saturated heterocycles. The van der Waals surface area contributed by atoms with Gasteiger partial charge in [0.1, 0.15) is 5.01 Å². The van der Waals surface area contributed by atoms with E-state index in [1.165, 1.54) is 22.3 Å². The second-order valence-electron chi connectivity index (χ2n) is 4.62. The zero-order chi connectivity index (χ0) is 12.6. The van der Waals surface area contributed by atoms with Gasteiger partial charge >= 0.3 is 0 Å². The standard InChI is InChI=1S/C14H18N2S/c1-8-5-9(2)12(10(3)6-8)13(15)14-16-11(4)7-17-14/h5-7,13H,15H2,1-4H3. The Kier molecular flexibility index (Phi) is 3.31. The third-order valence-corrected chi connectivity index (χ3v) is 4.00. The highest BCUT2D eigenvalue weighted by molar-refractivity contribution is 7.09. The molecule has 0 spiro atoms. The molecule has 90 valence electrons. The molecule has 0 aliphatic rings. The summed E-state index contributed by atoms with van der Waals surface area (Å²) < 4.78 is 0. The number of aryl methyl sites for hydroxylation is 4. The Morgan fingerprint density at radius 2 is 1.71 bits per heavy atom. The van der Waals surface area contributed by atoms with Crippen LogP contribution in [-0.4, -0.2) is 4.98 Å². The summed E-state index contributed by atoms with van der Waals surface area (Å²) in [6.45, 7) is 8.36. The van der Waals surface area contributed by atoms with Gasteiger partial charge in [-0.25, -0.2) is 4.98 Å². The van der Waals surface area contributed by atoms with Crippen LogP contribution in [0.25, 0.3) is 0 Å². The highest BCUT2D eigenvalue weighted by atomic mass is 32.1. The Labute approximate surface area is 107 Å². The average Bonchev–Trinajstić information content (AvgIpc) is 2.63. The molecule has 0 fully saturated rings. The van der Waals surface area contributed by atoms with Crippen LogP contribution in [0.2, 0.25) is 0 Å². The van der Waals surface area contributed by atoms with Crippen LogP contribution in [0.1, 0.15) is 39.0 Å². The summed E-state index contributed by atoms with van der Waals surface area (Å²) in [7, 11) is 0. The number of hydrogen-bond donors (Lipinski definition) is 1. The van der Waals surface area contributed by atoms with Crippen molar-refractivity contribution in [2.45, 2.75) is 33.7 Å². The molecule has 1 atom stereocenters. The lowest BCUT2D eigenvalue weighted by molar-refractivity contribution is 0.834. The summed E-state index contributed by atoms with van der Waals surface area (Å²) >= 11 is 1.64. The Morgan fingerprint density at radius 3 is 2.18 bits per heavy atom. The monoisotopic (exact) mass is 246 g/mol. The number of hydrogen-bond acceptors (Lipinski definition) is 3. The molecule has 2 nitrogen and oxygen atoms in total. The smallest absolute Gasteiger partial charge is 0.114 e. The molecule has 2 aromatic rings. The summed E-state index contributed by atoms with van der Waals surface area (Å²) in [4.78, 5) is 4.49. The number of aromatic nitrogens is 1. The van der Waals surface area contributed by atoms with E-state index >= 15 is 0 Å². The van der Waals surface area contributed by atoms with Gasteiger partial charge in [-0.3, -0.25) is 0 Å². The fourth-order valence-corrected chi connectivity index (χ4v) is 3.13. The van der Waals surface area contributed by atoms with Crippen molar-refractivity contribution in [1.29, 1.82) is 0 Å². The van der Waals surface area contributed by atoms with Crippen molar-refractivity contribution in [3.05, 3.63) is 50.5 Å². The molecule has 1 aromatic carbocycles. The molecule has 17 heavy (non-hydrogen) atoms. The fraction of sp³-hybridized carbons (Fsp3) is 0.357. The molecule has 0 saturated carbocycles. The van der Waals surface area contributed by atoms with Gasteiger partial charge in [0.05, 0.1) is 6.04 Å². The van der Waals surface area contributed by atoms with Gasteiger partial charge in [0, 0.05) is 11.1 Å². The van der Waals surface area contributed by atoms with Crippen LogP contribution in [0.4, 0.5) is 0 Å². The first kappa shape index (κ1) is 12.3. The summed E-state index contributed by atoms with van der Waals surface area (Å²) in [5.74, 6) is 0. The Hall–Kier alpha value is -1.19. The van der Waals surface area contributed by atoms with E-state index in [4.69, 9.17) is 5.73 Å². The second kappa shape index (κ2) is 4.59. The number of thiazole rings is 1. The lowest BCUT2D eigenvalue weighted by Gasteiger charge is -2.16. The SMILES string of the molecule is Cc1cc(C)c(C(N)c2nc(C)cs2)c(C)c1. The molecule has 0 radical (unpaired) electrons. The number of nitrogens with two attached hydrogens (primary N) is 1. The van der Waals surface area contributed by atoms with Gasteiger partial charge < -0.3 is 5.73 Å². The van der Waals surface area contributed by atoms with Crippen LogP contribution in [-0.2, 0) is 0 Å². The van der Waals surface area contributed by atoms with Crippen LogP contribution >= 0.6 is 11.3 Å². The molecular formula is C14H18N2S. The van der Waals surface area contributed by atoms with Crippen LogP contribution in [0.5, 0.6) is 0 Å². The predicted octanol–water partition coefficient (Wildman–Crippen LogP) is 3.42. The van der Waals surface area contributed by atoms with Crippen molar-refractivity contribution >= 4 is 11.3 Å². The lowest BCUT2D eigenvalue weighted by Crippen LogP contribution is -2.15. The summed E-state index contributed by atoms with van der Waals surface area (Å²) in [5.41, 5.74) is 12.4. The van der Waals surface area contributed by atoms with E-state index < -0.39 is 0 Å². The molecule has 0 amide bonds. The Balaban J connectivity index is 2.47. The highest BCUT2D eigenvalue weighted by Gasteiger charge is 2.17. The number of benzene rings is 1. The van der Waals surface area contributed by atoms with Crippen molar-refractivity contribution in [3.8, 4) is 0 Å². The van der Waals surface area contributed by atoms with E-state index in [9.17, 15) is 0 Å². The molecule has 0 bridgehead atoms. The normalized spacial score (nSPS) is 12.8. The first-order valence-corrected chi connectivity index (χ1v) is 6.62. The van der Waals surface area contributed by atoms with E-state index in [2.05, 4.69) is 37.9 Å². The molecule has 3 heteroatoms. The van der Waals surface area contributed by atoms with Gasteiger partial charge in [-0.2, -0.15) is 0 Å². The first-order valence-electron chi connectivity index (χ1n) is 5.74. The first-order chi connectivity index (χ1) is 7.99. The molecule has 1 heterocycles. The topological polar surface area (TPSA) is 38.9 Å². The van der Waals surface area contributed by atoms with Crippen LogP contribution < -0.4 is 5.73 Å². The molecule has 0 aliphatic heterocycles. The third-order valence-electron chi connectivity index (χ3n) is 2.95.